The minimum Gasteiger partial charge on any atom is -0.387 e. The predicted octanol–water partition coefficient (Wildman–Crippen LogP) is 1.23. The third-order valence-corrected chi connectivity index (χ3v) is 0.557. The summed E-state index contributed by atoms with van der Waals surface area (Å²) >= 11 is 0. The minimum absolute atomic E-state index is 0.579. The SMILES string of the molecule is C=C.C=C.O=C1C=CC(=O)O1. The molecular weight excluding hydrogens is 144 g/mol. The molecule has 0 atom stereocenters. The molecule has 0 saturated carbocycles. The van der Waals surface area contributed by atoms with Gasteiger partial charge >= 0.3 is 11.9 Å². The average molecular weight is 154 g/mol. The number of hydrogen-bond donors (Lipinski definition) is 0. The summed E-state index contributed by atoms with van der Waals surface area (Å²) in [6.45, 7) is 12.0. The molecule has 0 amide bonds. The highest BCUT2D eigenvalue weighted by Gasteiger charge is 2.10. The highest BCUT2D eigenvalue weighted by atomic mass is 16.6. The molecule has 0 aliphatic carbocycles. The summed E-state index contributed by atoms with van der Waals surface area (Å²) in [4.78, 5) is 19.8. The normalized spacial score (nSPS) is 12.0. The summed E-state index contributed by atoms with van der Waals surface area (Å²) in [6, 6.07) is 0. The maximum absolute atomic E-state index is 9.92. The van der Waals surface area contributed by atoms with Crippen LogP contribution >= 0.6 is 0 Å². The molecular formula is C8H10O3. The Balaban J connectivity index is 0. The third-order valence-electron chi connectivity index (χ3n) is 0.557. The summed E-state index contributed by atoms with van der Waals surface area (Å²) in [7, 11) is 0. The average Bonchev–Trinajstić information content (AvgIpc) is 2.43. The van der Waals surface area contributed by atoms with Gasteiger partial charge in [-0.25, -0.2) is 9.59 Å². The van der Waals surface area contributed by atoms with E-state index in [-0.39, 0.29) is 0 Å². The Morgan fingerprint density at radius 2 is 1.18 bits per heavy atom. The molecule has 0 N–H and O–H groups in total. The molecule has 0 aromatic heterocycles. The number of carbonyl (C=O) groups is 2. The maximum Gasteiger partial charge on any atom is 0.338 e. The Bertz CT molecular complexity index is 152. The molecule has 1 rings (SSSR count). The van der Waals surface area contributed by atoms with Gasteiger partial charge in [0.2, 0.25) is 0 Å². The van der Waals surface area contributed by atoms with Gasteiger partial charge < -0.3 is 4.74 Å². The van der Waals surface area contributed by atoms with Gasteiger partial charge in [-0.2, -0.15) is 0 Å². The van der Waals surface area contributed by atoms with Crippen molar-refractivity contribution in [3.63, 3.8) is 0 Å². The molecule has 60 valence electrons. The second kappa shape index (κ2) is 8.36. The lowest BCUT2D eigenvalue weighted by atomic mass is 10.6. The summed E-state index contributed by atoms with van der Waals surface area (Å²) in [5.74, 6) is -1.16. The first-order valence-corrected chi connectivity index (χ1v) is 2.73. The van der Waals surface area contributed by atoms with Crippen molar-refractivity contribution in [2.24, 2.45) is 0 Å². The number of ether oxygens (including phenoxy) is 1. The standard InChI is InChI=1S/C4H2O3.2C2H4/c5-3-1-2-4(6)7-3;2*1-2/h1-2H;2*1-2H2. The predicted molar refractivity (Wildman–Crippen MR) is 42.7 cm³/mol. The largest absolute Gasteiger partial charge is 0.387 e. The van der Waals surface area contributed by atoms with Gasteiger partial charge in [0, 0.05) is 12.2 Å². The molecule has 1 aliphatic heterocycles. The van der Waals surface area contributed by atoms with Crippen molar-refractivity contribution < 1.29 is 14.3 Å². The molecule has 3 nitrogen and oxygen atoms in total. The van der Waals surface area contributed by atoms with E-state index < -0.39 is 11.9 Å². The lowest BCUT2D eigenvalue weighted by Gasteiger charge is -1.80. The molecule has 0 fully saturated rings. The zero-order valence-electron chi connectivity index (χ0n) is 6.21. The van der Waals surface area contributed by atoms with E-state index in [4.69, 9.17) is 0 Å². The second-order valence-electron chi connectivity index (χ2n) is 1.07. The van der Waals surface area contributed by atoms with Crippen molar-refractivity contribution in [3.8, 4) is 0 Å². The van der Waals surface area contributed by atoms with Crippen LogP contribution in [0.5, 0.6) is 0 Å². The minimum atomic E-state index is -0.579. The van der Waals surface area contributed by atoms with Crippen molar-refractivity contribution in [1.82, 2.24) is 0 Å². The number of esters is 2. The van der Waals surface area contributed by atoms with Crippen molar-refractivity contribution in [2.75, 3.05) is 0 Å². The molecule has 1 heterocycles. The summed E-state index contributed by atoms with van der Waals surface area (Å²) in [5, 5.41) is 0. The highest BCUT2D eigenvalue weighted by molar-refractivity contribution is 6.04. The lowest BCUT2D eigenvalue weighted by molar-refractivity contribution is -0.150. The first-order chi connectivity index (χ1) is 5.29. The summed E-state index contributed by atoms with van der Waals surface area (Å²) < 4.78 is 3.97. The fourth-order valence-electron chi connectivity index (χ4n) is 0.303. The van der Waals surface area contributed by atoms with Crippen LogP contribution < -0.4 is 0 Å². The molecule has 1 aliphatic rings. The molecule has 0 aromatic rings. The Labute approximate surface area is 65.7 Å². The van der Waals surface area contributed by atoms with Gasteiger partial charge in [-0.3, -0.25) is 0 Å². The van der Waals surface area contributed by atoms with Crippen LogP contribution in [0.25, 0.3) is 0 Å². The molecule has 0 bridgehead atoms. The summed E-state index contributed by atoms with van der Waals surface area (Å²) in [5.41, 5.74) is 0. The Morgan fingerprint density at radius 3 is 1.27 bits per heavy atom. The van der Waals surface area contributed by atoms with E-state index >= 15 is 0 Å². The van der Waals surface area contributed by atoms with Crippen LogP contribution in [0, 0.1) is 0 Å². The topological polar surface area (TPSA) is 43.4 Å². The molecule has 0 spiro atoms. The van der Waals surface area contributed by atoms with Gasteiger partial charge in [0.05, 0.1) is 0 Å². The van der Waals surface area contributed by atoms with Crippen molar-refractivity contribution >= 4 is 11.9 Å². The monoisotopic (exact) mass is 154 g/mol. The van der Waals surface area contributed by atoms with E-state index in [2.05, 4.69) is 31.1 Å². The van der Waals surface area contributed by atoms with Gasteiger partial charge in [-0.05, 0) is 0 Å². The van der Waals surface area contributed by atoms with E-state index in [0.29, 0.717) is 0 Å². The quantitative estimate of drug-likeness (QED) is 0.299. The van der Waals surface area contributed by atoms with Gasteiger partial charge in [0.25, 0.3) is 0 Å². The fraction of sp³-hybridized carbons (Fsp3) is 0. The van der Waals surface area contributed by atoms with Crippen LogP contribution in [0.4, 0.5) is 0 Å². The van der Waals surface area contributed by atoms with Gasteiger partial charge in [0.1, 0.15) is 0 Å². The van der Waals surface area contributed by atoms with E-state index in [1.165, 1.54) is 0 Å². The first kappa shape index (κ1) is 12.1. The van der Waals surface area contributed by atoms with Crippen LogP contribution in [0.2, 0.25) is 0 Å². The van der Waals surface area contributed by atoms with Crippen LogP contribution in [-0.2, 0) is 14.3 Å². The Hall–Kier alpha value is -1.64. The fourth-order valence-corrected chi connectivity index (χ4v) is 0.303. The zero-order chi connectivity index (χ0) is 9.28. The highest BCUT2D eigenvalue weighted by Crippen LogP contribution is 1.92. The van der Waals surface area contributed by atoms with E-state index in [9.17, 15) is 9.59 Å². The van der Waals surface area contributed by atoms with Crippen LogP contribution in [0.15, 0.2) is 38.5 Å². The van der Waals surface area contributed by atoms with Gasteiger partial charge in [-0.1, -0.05) is 0 Å². The smallest absolute Gasteiger partial charge is 0.338 e. The number of carbonyl (C=O) groups excluding carboxylic acids is 2. The molecule has 11 heavy (non-hydrogen) atoms. The van der Waals surface area contributed by atoms with Crippen LogP contribution in [-0.4, -0.2) is 11.9 Å². The lowest BCUT2D eigenvalue weighted by Crippen LogP contribution is -1.96. The number of cyclic esters (lactones) is 2. The molecule has 0 aromatic carbocycles. The molecule has 0 radical (unpaired) electrons. The number of hydrogen-bond acceptors (Lipinski definition) is 3. The Morgan fingerprint density at radius 1 is 0.909 bits per heavy atom. The number of rotatable bonds is 0. The van der Waals surface area contributed by atoms with Gasteiger partial charge in [0.15, 0.2) is 0 Å². The molecule has 3 heteroatoms. The van der Waals surface area contributed by atoms with Crippen molar-refractivity contribution in [1.29, 1.82) is 0 Å². The molecule has 0 unspecified atom stereocenters. The second-order valence-corrected chi connectivity index (χ2v) is 1.07. The third kappa shape index (κ3) is 6.24. The summed E-state index contributed by atoms with van der Waals surface area (Å²) in [6.07, 6.45) is 2.17. The Kier molecular flexibility index (Phi) is 9.18. The van der Waals surface area contributed by atoms with E-state index in [1.54, 1.807) is 0 Å². The van der Waals surface area contributed by atoms with E-state index in [0.717, 1.165) is 12.2 Å². The molecule has 0 saturated heterocycles. The van der Waals surface area contributed by atoms with Gasteiger partial charge in [-0.15, -0.1) is 26.3 Å². The zero-order valence-corrected chi connectivity index (χ0v) is 6.21. The first-order valence-electron chi connectivity index (χ1n) is 2.73. The van der Waals surface area contributed by atoms with Crippen LogP contribution in [0.3, 0.4) is 0 Å². The maximum atomic E-state index is 9.92. The van der Waals surface area contributed by atoms with Crippen molar-refractivity contribution in [2.45, 2.75) is 0 Å². The van der Waals surface area contributed by atoms with E-state index in [1.807, 2.05) is 0 Å². The van der Waals surface area contributed by atoms with Crippen LogP contribution in [0.1, 0.15) is 0 Å². The van der Waals surface area contributed by atoms with Crippen molar-refractivity contribution in [3.05, 3.63) is 38.5 Å².